The molecular formula is C23H26N6O4. The van der Waals surface area contributed by atoms with Crippen molar-refractivity contribution >= 4 is 34.7 Å². The van der Waals surface area contributed by atoms with E-state index in [1.807, 2.05) is 12.1 Å². The molecule has 4 amide bonds. The molecule has 4 N–H and O–H groups in total. The van der Waals surface area contributed by atoms with Crippen molar-refractivity contribution in [2.45, 2.75) is 31.7 Å². The molecule has 0 atom stereocenters. The Balaban J connectivity index is 1.28. The lowest BCUT2D eigenvalue weighted by molar-refractivity contribution is -0.121. The highest BCUT2D eigenvalue weighted by Gasteiger charge is 2.22. The lowest BCUT2D eigenvalue weighted by atomic mass is 10.2. The van der Waals surface area contributed by atoms with Gasteiger partial charge in [0.2, 0.25) is 5.91 Å². The Kier molecular flexibility index (Phi) is 6.72. The van der Waals surface area contributed by atoms with E-state index in [9.17, 15) is 14.4 Å². The van der Waals surface area contributed by atoms with Crippen molar-refractivity contribution in [2.75, 3.05) is 18.9 Å². The van der Waals surface area contributed by atoms with E-state index in [-0.39, 0.29) is 11.9 Å². The van der Waals surface area contributed by atoms with E-state index in [2.05, 4.69) is 26.3 Å². The van der Waals surface area contributed by atoms with E-state index in [0.717, 1.165) is 23.7 Å². The molecule has 2 aromatic heterocycles. The summed E-state index contributed by atoms with van der Waals surface area (Å²) in [5.41, 5.74) is 0.764. The summed E-state index contributed by atoms with van der Waals surface area (Å²) in [5.74, 6) is 1.45. The highest BCUT2D eigenvalue weighted by atomic mass is 16.5. The Morgan fingerprint density at radius 3 is 2.73 bits per heavy atom. The van der Waals surface area contributed by atoms with Gasteiger partial charge in [-0.1, -0.05) is 0 Å². The fourth-order valence-corrected chi connectivity index (χ4v) is 3.30. The Hall–Kier alpha value is -4.08. The van der Waals surface area contributed by atoms with E-state index in [1.54, 1.807) is 37.5 Å². The van der Waals surface area contributed by atoms with Gasteiger partial charge in [0.05, 0.1) is 5.52 Å². The van der Waals surface area contributed by atoms with Crippen molar-refractivity contribution in [3.05, 3.63) is 48.8 Å². The minimum absolute atomic E-state index is 0.0228. The van der Waals surface area contributed by atoms with Crippen LogP contribution in [0.4, 0.5) is 15.4 Å². The van der Waals surface area contributed by atoms with E-state index in [0.29, 0.717) is 42.7 Å². The molecule has 0 spiro atoms. The van der Waals surface area contributed by atoms with Crippen LogP contribution in [-0.2, 0) is 4.79 Å². The van der Waals surface area contributed by atoms with E-state index in [4.69, 9.17) is 4.74 Å². The number of nitrogens with one attached hydrogen (secondary N) is 4. The quantitative estimate of drug-likeness (QED) is 0.392. The fourth-order valence-electron chi connectivity index (χ4n) is 3.30. The van der Waals surface area contributed by atoms with Gasteiger partial charge in [-0.15, -0.1) is 0 Å². The number of benzene rings is 1. The second kappa shape index (κ2) is 10.0. The predicted octanol–water partition coefficient (Wildman–Crippen LogP) is 3.20. The van der Waals surface area contributed by atoms with E-state index in [1.165, 1.54) is 10.8 Å². The Labute approximate surface area is 190 Å². The van der Waals surface area contributed by atoms with Crippen LogP contribution in [0.25, 0.3) is 10.9 Å². The maximum atomic E-state index is 12.1. The molecule has 1 aliphatic carbocycles. The average Bonchev–Trinajstić information content (AvgIpc) is 3.52. The Bertz CT molecular complexity index is 1170. The number of hydrogen-bond donors (Lipinski definition) is 4. The first-order valence-electron chi connectivity index (χ1n) is 10.8. The number of pyridine rings is 1. The summed E-state index contributed by atoms with van der Waals surface area (Å²) in [5, 5.41) is 11.7. The minimum atomic E-state index is -0.404. The van der Waals surface area contributed by atoms with Crippen molar-refractivity contribution in [2.24, 2.45) is 0 Å². The molecular weight excluding hydrogens is 424 g/mol. The molecule has 10 heteroatoms. The number of fused-ring (bicyclic) bond motifs is 1. The van der Waals surface area contributed by atoms with Crippen LogP contribution in [0.2, 0.25) is 0 Å². The summed E-state index contributed by atoms with van der Waals surface area (Å²) in [4.78, 5) is 39.8. The zero-order valence-corrected chi connectivity index (χ0v) is 18.3. The fraction of sp³-hybridized carbons (Fsp3) is 0.304. The molecule has 0 bridgehead atoms. The van der Waals surface area contributed by atoms with Gasteiger partial charge >= 0.3 is 12.1 Å². The van der Waals surface area contributed by atoms with Gasteiger partial charge in [-0.05, 0) is 49.6 Å². The molecule has 4 rings (SSSR count). The second-order valence-corrected chi connectivity index (χ2v) is 7.77. The van der Waals surface area contributed by atoms with Crippen LogP contribution in [-0.4, -0.2) is 47.2 Å². The lowest BCUT2D eigenvalue weighted by Gasteiger charge is -2.10. The Morgan fingerprint density at radius 1 is 1.12 bits per heavy atom. The van der Waals surface area contributed by atoms with Gasteiger partial charge in [0, 0.05) is 49.9 Å². The summed E-state index contributed by atoms with van der Waals surface area (Å²) in [6.07, 6.45) is 6.29. The van der Waals surface area contributed by atoms with Gasteiger partial charge in [-0.25, -0.2) is 14.6 Å². The van der Waals surface area contributed by atoms with Crippen LogP contribution >= 0.6 is 0 Å². The zero-order valence-electron chi connectivity index (χ0n) is 18.3. The molecule has 0 unspecified atom stereocenters. The number of carbonyl (C=O) groups is 3. The number of carbonyl (C=O) groups excluding carboxylic acids is 3. The monoisotopic (exact) mass is 450 g/mol. The third-order valence-corrected chi connectivity index (χ3v) is 5.11. The number of ether oxygens (including phenoxy) is 1. The average molecular weight is 450 g/mol. The highest BCUT2D eigenvalue weighted by molar-refractivity contribution is 5.92. The summed E-state index contributed by atoms with van der Waals surface area (Å²) < 4.78 is 7.42. The molecule has 2 heterocycles. The van der Waals surface area contributed by atoms with Crippen LogP contribution in [0, 0.1) is 0 Å². The van der Waals surface area contributed by atoms with Crippen molar-refractivity contribution in [3.63, 3.8) is 0 Å². The van der Waals surface area contributed by atoms with Gasteiger partial charge in [0.25, 0.3) is 0 Å². The first kappa shape index (κ1) is 22.1. The molecule has 0 radical (unpaired) electrons. The van der Waals surface area contributed by atoms with Gasteiger partial charge in [0.1, 0.15) is 17.3 Å². The molecule has 1 saturated carbocycles. The van der Waals surface area contributed by atoms with Gasteiger partial charge in [-0.2, -0.15) is 0 Å². The minimum Gasteiger partial charge on any atom is -0.457 e. The number of aromatic nitrogens is 2. The molecule has 1 fully saturated rings. The normalized spacial score (nSPS) is 12.8. The molecule has 1 aromatic carbocycles. The zero-order chi connectivity index (χ0) is 23.2. The van der Waals surface area contributed by atoms with Crippen LogP contribution in [0.3, 0.4) is 0 Å². The van der Waals surface area contributed by atoms with Crippen LogP contribution in [0.15, 0.2) is 48.8 Å². The van der Waals surface area contributed by atoms with Gasteiger partial charge in [0.15, 0.2) is 0 Å². The first-order valence-corrected chi connectivity index (χ1v) is 10.8. The summed E-state index contributed by atoms with van der Waals surface area (Å²) in [6.45, 7) is 0.385. The Morgan fingerprint density at radius 2 is 1.94 bits per heavy atom. The molecule has 33 heavy (non-hydrogen) atoms. The second-order valence-electron chi connectivity index (χ2n) is 7.77. The standard InChI is InChI=1S/C23H26N6O4/c1-24-23(32)29-12-9-15-13-17(6-7-19(15)29)33-18-8-11-25-20(14-18)28-22(31)26-10-2-3-21(30)27-16-4-5-16/h6-9,11-14,16H,2-5,10H2,1H3,(H,24,32)(H,27,30)(H2,25,26,28,31). The number of nitrogens with zero attached hydrogens (tertiary/aromatic N) is 2. The number of anilines is 1. The molecule has 0 aliphatic heterocycles. The van der Waals surface area contributed by atoms with Crippen LogP contribution in [0.5, 0.6) is 11.5 Å². The molecule has 1 aliphatic rings. The largest absolute Gasteiger partial charge is 0.457 e. The molecule has 172 valence electrons. The molecule has 10 nitrogen and oxygen atoms in total. The predicted molar refractivity (Wildman–Crippen MR) is 124 cm³/mol. The number of amides is 4. The smallest absolute Gasteiger partial charge is 0.325 e. The van der Waals surface area contributed by atoms with Crippen molar-refractivity contribution in [1.29, 1.82) is 0 Å². The third-order valence-electron chi connectivity index (χ3n) is 5.11. The maximum Gasteiger partial charge on any atom is 0.325 e. The van der Waals surface area contributed by atoms with E-state index < -0.39 is 6.03 Å². The van der Waals surface area contributed by atoms with Crippen molar-refractivity contribution < 1.29 is 19.1 Å². The van der Waals surface area contributed by atoms with Crippen molar-refractivity contribution in [3.8, 4) is 11.5 Å². The molecule has 0 saturated heterocycles. The number of urea groups is 1. The van der Waals surface area contributed by atoms with Crippen LogP contribution in [0.1, 0.15) is 25.7 Å². The SMILES string of the molecule is CNC(=O)n1ccc2cc(Oc3ccnc(NC(=O)NCCCC(=O)NC4CC4)c3)ccc21. The summed E-state index contributed by atoms with van der Waals surface area (Å²) in [6, 6.07) is 10.2. The highest BCUT2D eigenvalue weighted by Crippen LogP contribution is 2.27. The van der Waals surface area contributed by atoms with Gasteiger partial charge < -0.3 is 20.7 Å². The number of rotatable bonds is 8. The maximum absolute atomic E-state index is 12.1. The van der Waals surface area contributed by atoms with E-state index >= 15 is 0 Å². The van der Waals surface area contributed by atoms with Gasteiger partial charge in [-0.3, -0.25) is 14.7 Å². The first-order chi connectivity index (χ1) is 16.0. The lowest BCUT2D eigenvalue weighted by Crippen LogP contribution is -2.31. The molecule has 3 aromatic rings. The summed E-state index contributed by atoms with van der Waals surface area (Å²) in [7, 11) is 1.58. The summed E-state index contributed by atoms with van der Waals surface area (Å²) >= 11 is 0. The number of hydrogen-bond acceptors (Lipinski definition) is 5. The van der Waals surface area contributed by atoms with Crippen LogP contribution < -0.4 is 26.0 Å². The third kappa shape index (κ3) is 6.00. The topological polar surface area (TPSA) is 126 Å². The van der Waals surface area contributed by atoms with Crippen molar-refractivity contribution in [1.82, 2.24) is 25.5 Å².